The molecule has 0 unspecified atom stereocenters. The van der Waals surface area contributed by atoms with Gasteiger partial charge in [-0.2, -0.15) is 0 Å². The first-order chi connectivity index (χ1) is 20.0. The average Bonchev–Trinajstić information content (AvgIpc) is 2.97. The molecule has 1 aromatic carbocycles. The highest BCUT2D eigenvalue weighted by Crippen LogP contribution is 2.10. The lowest BCUT2D eigenvalue weighted by Crippen LogP contribution is -2.05. The van der Waals surface area contributed by atoms with Gasteiger partial charge < -0.3 is 19.3 Å². The topological polar surface area (TPSA) is 99.1 Å². The van der Waals surface area contributed by atoms with Gasteiger partial charge in [0.2, 0.25) is 0 Å². The van der Waals surface area contributed by atoms with Gasteiger partial charge in [-0.15, -0.1) is 0 Å². The first-order valence-electron chi connectivity index (χ1n) is 14.9. The molecule has 0 amide bonds. The number of unbranched alkanes of at least 4 members (excludes halogenated alkanes) is 9. The van der Waals surface area contributed by atoms with Gasteiger partial charge in [-0.05, 0) is 46.3 Å². The minimum absolute atomic E-state index is 0.258. The van der Waals surface area contributed by atoms with E-state index in [4.69, 9.17) is 9.84 Å². The van der Waals surface area contributed by atoms with Crippen LogP contribution in [0.25, 0.3) is 6.08 Å². The van der Waals surface area contributed by atoms with Crippen molar-refractivity contribution < 1.29 is 33.7 Å². The Bertz CT molecular complexity index is 860. The van der Waals surface area contributed by atoms with Crippen molar-refractivity contribution in [1.82, 2.24) is 0 Å². The lowest BCUT2D eigenvalue weighted by atomic mass is 10.1. The fraction of sp³-hybridized carbons (Fsp3) is 0.514. The molecule has 0 saturated heterocycles. The van der Waals surface area contributed by atoms with Gasteiger partial charge in [-0.3, -0.25) is 0 Å². The zero-order chi connectivity index (χ0) is 32.6. The summed E-state index contributed by atoms with van der Waals surface area (Å²) < 4.78 is 13.9. The summed E-state index contributed by atoms with van der Waals surface area (Å²) in [6, 6.07) is 10.0. The van der Waals surface area contributed by atoms with E-state index in [1.165, 1.54) is 63.4 Å². The number of aliphatic hydroxyl groups is 1. The lowest BCUT2D eigenvalue weighted by Gasteiger charge is -2.04. The summed E-state index contributed by atoms with van der Waals surface area (Å²) in [6.07, 6.45) is 14.8. The Morgan fingerprint density at radius 2 is 1.07 bits per heavy atom. The van der Waals surface area contributed by atoms with Gasteiger partial charge in [-0.25, -0.2) is 14.4 Å². The van der Waals surface area contributed by atoms with E-state index in [2.05, 4.69) is 42.7 Å². The number of hydrogen-bond donors (Lipinski definition) is 1. The van der Waals surface area contributed by atoms with Crippen LogP contribution in [0.1, 0.15) is 104 Å². The Balaban J connectivity index is -0.000000529. The first kappa shape index (κ1) is 42.9. The van der Waals surface area contributed by atoms with Gasteiger partial charge >= 0.3 is 17.9 Å². The predicted molar refractivity (Wildman–Crippen MR) is 174 cm³/mol. The van der Waals surface area contributed by atoms with Crippen LogP contribution in [0, 0.1) is 0 Å². The van der Waals surface area contributed by atoms with Gasteiger partial charge in [0, 0.05) is 11.1 Å². The van der Waals surface area contributed by atoms with Crippen molar-refractivity contribution in [3.63, 3.8) is 0 Å². The standard InChI is InChI=1S/C16H30O2.C8H8.C6H10O2.C5H8O3/c1-4-5-6-7-8-9-10-11-12-13-14-18-16(17)15(2)3;1-2-8-6-4-3-5-7-8;1-4-8-6(7)5(2)3;1-3-8-5(7)4(2)6/h2,4-14H2,1,3H3;2-7H,1H2;2,4H2,1,3H3;6H,2-3H2,1H3. The van der Waals surface area contributed by atoms with Crippen LogP contribution in [0.15, 0.2) is 73.6 Å². The third-order valence-electron chi connectivity index (χ3n) is 5.25. The maximum atomic E-state index is 11.1. The molecule has 0 radical (unpaired) electrons. The molecule has 0 aliphatic rings. The molecule has 0 bridgehead atoms. The second-order valence-electron chi connectivity index (χ2n) is 9.38. The minimum Gasteiger partial charge on any atom is -0.502 e. The first-order valence-corrected chi connectivity index (χ1v) is 14.9. The molecule has 1 rings (SSSR count). The van der Waals surface area contributed by atoms with Crippen molar-refractivity contribution in [2.45, 2.75) is 98.8 Å². The molecule has 1 N–H and O–H groups in total. The summed E-state index contributed by atoms with van der Waals surface area (Å²) in [7, 11) is 0. The van der Waals surface area contributed by atoms with Gasteiger partial charge in [-0.1, -0.05) is 121 Å². The highest BCUT2D eigenvalue weighted by atomic mass is 16.5. The summed E-state index contributed by atoms with van der Waals surface area (Å²) >= 11 is 0. The van der Waals surface area contributed by atoms with Crippen LogP contribution in [-0.4, -0.2) is 42.8 Å². The van der Waals surface area contributed by atoms with E-state index in [1.54, 1.807) is 27.7 Å². The monoisotopic (exact) mass is 588 g/mol. The van der Waals surface area contributed by atoms with Crippen LogP contribution in [-0.2, 0) is 28.6 Å². The molecular formula is C35H56O7. The number of aliphatic hydroxyl groups excluding tert-OH is 1. The molecule has 0 atom stereocenters. The van der Waals surface area contributed by atoms with Crippen molar-refractivity contribution in [3.05, 3.63) is 79.1 Å². The molecular weight excluding hydrogens is 532 g/mol. The molecule has 0 aliphatic carbocycles. The highest BCUT2D eigenvalue weighted by Gasteiger charge is 2.02. The van der Waals surface area contributed by atoms with Crippen LogP contribution in [0.3, 0.4) is 0 Å². The Hall–Kier alpha value is -3.61. The molecule has 0 saturated carbocycles. The van der Waals surface area contributed by atoms with Crippen LogP contribution in [0.2, 0.25) is 0 Å². The van der Waals surface area contributed by atoms with E-state index < -0.39 is 11.7 Å². The van der Waals surface area contributed by atoms with E-state index in [0.29, 0.717) is 24.4 Å². The molecule has 42 heavy (non-hydrogen) atoms. The largest absolute Gasteiger partial charge is 0.502 e. The Kier molecular flexibility index (Phi) is 32.6. The third kappa shape index (κ3) is 32.6. The van der Waals surface area contributed by atoms with E-state index in [-0.39, 0.29) is 18.5 Å². The van der Waals surface area contributed by atoms with Crippen LogP contribution >= 0.6 is 0 Å². The quantitative estimate of drug-likeness (QED) is 0.0637. The number of carbonyl (C=O) groups excluding carboxylic acids is 3. The van der Waals surface area contributed by atoms with E-state index in [9.17, 15) is 14.4 Å². The SMILES string of the molecule is C=C(C)C(=O)OCC.C=C(C)C(=O)OCCCCCCCCCCCC.C=C(O)C(=O)OCC.C=Cc1ccccc1. The van der Waals surface area contributed by atoms with E-state index in [0.717, 1.165) is 6.42 Å². The molecule has 1 aromatic rings. The van der Waals surface area contributed by atoms with Gasteiger partial charge in [0.05, 0.1) is 19.8 Å². The van der Waals surface area contributed by atoms with Crippen molar-refractivity contribution in [1.29, 1.82) is 0 Å². The number of benzene rings is 1. The molecule has 0 fully saturated rings. The van der Waals surface area contributed by atoms with Gasteiger partial charge in [0.1, 0.15) is 0 Å². The molecule has 0 aromatic heterocycles. The number of ether oxygens (including phenoxy) is 3. The zero-order valence-corrected chi connectivity index (χ0v) is 26.9. The van der Waals surface area contributed by atoms with E-state index >= 15 is 0 Å². The molecule has 0 heterocycles. The third-order valence-corrected chi connectivity index (χ3v) is 5.25. The lowest BCUT2D eigenvalue weighted by molar-refractivity contribution is -0.141. The Labute approximate surface area is 255 Å². The van der Waals surface area contributed by atoms with Crippen molar-refractivity contribution in [2.24, 2.45) is 0 Å². The van der Waals surface area contributed by atoms with E-state index in [1.807, 2.05) is 36.4 Å². The maximum Gasteiger partial charge on any atom is 0.372 e. The normalized spacial score (nSPS) is 9.17. The summed E-state index contributed by atoms with van der Waals surface area (Å²) in [4.78, 5) is 31.7. The molecule has 7 heteroatoms. The highest BCUT2D eigenvalue weighted by molar-refractivity contribution is 5.87. The van der Waals surface area contributed by atoms with Crippen LogP contribution < -0.4 is 0 Å². The van der Waals surface area contributed by atoms with Gasteiger partial charge in [0.25, 0.3) is 0 Å². The number of esters is 3. The second-order valence-corrected chi connectivity index (χ2v) is 9.38. The van der Waals surface area contributed by atoms with Crippen molar-refractivity contribution in [3.8, 4) is 0 Å². The van der Waals surface area contributed by atoms with Crippen LogP contribution in [0.5, 0.6) is 0 Å². The number of rotatable bonds is 17. The Morgan fingerprint density at radius 1 is 0.667 bits per heavy atom. The smallest absolute Gasteiger partial charge is 0.372 e. The zero-order valence-electron chi connectivity index (χ0n) is 26.9. The maximum absolute atomic E-state index is 11.1. The summed E-state index contributed by atoms with van der Waals surface area (Å²) in [6.45, 7) is 23.7. The molecule has 0 aliphatic heterocycles. The number of carbonyl (C=O) groups is 3. The number of hydrogen-bond acceptors (Lipinski definition) is 7. The average molecular weight is 589 g/mol. The predicted octanol–water partition coefficient (Wildman–Crippen LogP) is 9.10. The Morgan fingerprint density at radius 3 is 1.38 bits per heavy atom. The van der Waals surface area contributed by atoms with Gasteiger partial charge in [0.15, 0.2) is 5.76 Å². The van der Waals surface area contributed by atoms with Crippen molar-refractivity contribution in [2.75, 3.05) is 19.8 Å². The van der Waals surface area contributed by atoms with Crippen LogP contribution in [0.4, 0.5) is 0 Å². The molecule has 238 valence electrons. The molecule has 7 nitrogen and oxygen atoms in total. The second kappa shape index (κ2) is 31.9. The summed E-state index contributed by atoms with van der Waals surface area (Å²) in [5, 5.41) is 8.28. The minimum atomic E-state index is -0.757. The molecule has 0 spiro atoms. The summed E-state index contributed by atoms with van der Waals surface area (Å²) in [5.41, 5.74) is 2.11. The fourth-order valence-corrected chi connectivity index (χ4v) is 2.94. The summed E-state index contributed by atoms with van der Waals surface area (Å²) in [5.74, 6) is -1.88. The fourth-order valence-electron chi connectivity index (χ4n) is 2.94. The van der Waals surface area contributed by atoms with Crippen molar-refractivity contribution >= 4 is 24.0 Å².